The van der Waals surface area contributed by atoms with Crippen LogP contribution in [0.1, 0.15) is 47.4 Å². The number of carbonyl (C=O) groups is 2. The second kappa shape index (κ2) is 6.50. The quantitative estimate of drug-likeness (QED) is 0.939. The molecule has 3 rings (SSSR count). The summed E-state index contributed by atoms with van der Waals surface area (Å²) in [5.74, 6) is -0.249. The number of hydrogen-bond acceptors (Lipinski definition) is 4. The van der Waals surface area contributed by atoms with Gasteiger partial charge in [-0.05, 0) is 30.9 Å². The number of likely N-dealkylation sites (tertiary alicyclic amines) is 1. The van der Waals surface area contributed by atoms with Crippen molar-refractivity contribution in [1.82, 2.24) is 9.88 Å². The maximum atomic E-state index is 12.8. The molecule has 1 aliphatic rings. The number of nitrogens with one attached hydrogen (secondary N) is 1. The molecule has 2 amide bonds. The van der Waals surface area contributed by atoms with E-state index in [2.05, 4.69) is 29.4 Å². The van der Waals surface area contributed by atoms with Crippen LogP contribution in [0.5, 0.6) is 0 Å². The molecule has 1 aromatic heterocycles. The zero-order valence-corrected chi connectivity index (χ0v) is 14.0. The van der Waals surface area contributed by atoms with Crippen molar-refractivity contribution in [3.63, 3.8) is 0 Å². The number of hydrogen-bond donors (Lipinski definition) is 1. The fourth-order valence-corrected chi connectivity index (χ4v) is 3.75. The van der Waals surface area contributed by atoms with E-state index in [0.717, 1.165) is 19.4 Å². The van der Waals surface area contributed by atoms with Gasteiger partial charge < -0.3 is 10.2 Å². The van der Waals surface area contributed by atoms with Crippen molar-refractivity contribution >= 4 is 28.3 Å². The Labute approximate surface area is 139 Å². The highest BCUT2D eigenvalue weighted by atomic mass is 32.1. The lowest BCUT2D eigenvalue weighted by atomic mass is 9.99. The number of benzene rings is 1. The van der Waals surface area contributed by atoms with Crippen molar-refractivity contribution in [3.05, 3.63) is 46.5 Å². The Hall–Kier alpha value is -2.21. The zero-order chi connectivity index (χ0) is 16.4. The minimum absolute atomic E-state index is 0.0661. The highest BCUT2D eigenvalue weighted by Gasteiger charge is 2.32. The van der Waals surface area contributed by atoms with E-state index in [1.807, 2.05) is 17.0 Å². The van der Waals surface area contributed by atoms with Gasteiger partial charge in [0.05, 0.1) is 6.04 Å². The minimum Gasteiger partial charge on any atom is -0.330 e. The minimum atomic E-state index is -0.183. The molecule has 0 spiro atoms. The van der Waals surface area contributed by atoms with Crippen LogP contribution in [-0.2, 0) is 4.79 Å². The third-order valence-corrected chi connectivity index (χ3v) is 4.83. The van der Waals surface area contributed by atoms with Crippen molar-refractivity contribution in [2.24, 2.45) is 0 Å². The monoisotopic (exact) mass is 329 g/mol. The van der Waals surface area contributed by atoms with Gasteiger partial charge in [0, 0.05) is 18.8 Å². The van der Waals surface area contributed by atoms with Gasteiger partial charge in [0.25, 0.3) is 5.91 Å². The second-order valence-electron chi connectivity index (χ2n) is 5.73. The van der Waals surface area contributed by atoms with E-state index in [9.17, 15) is 9.59 Å². The molecule has 0 bridgehead atoms. The number of thiazole rings is 1. The molecule has 1 aromatic carbocycles. The molecule has 6 heteroatoms. The summed E-state index contributed by atoms with van der Waals surface area (Å²) in [4.78, 5) is 30.0. The molecule has 2 heterocycles. The average molecular weight is 329 g/mol. The molecular weight excluding hydrogens is 310 g/mol. The van der Waals surface area contributed by atoms with Crippen LogP contribution < -0.4 is 5.32 Å². The first-order valence-corrected chi connectivity index (χ1v) is 8.54. The van der Waals surface area contributed by atoms with E-state index in [1.54, 1.807) is 5.38 Å². The van der Waals surface area contributed by atoms with E-state index < -0.39 is 0 Å². The Bertz CT molecular complexity index is 741. The summed E-state index contributed by atoms with van der Waals surface area (Å²) in [6.07, 6.45) is 1.96. The standard InChI is InChI=1S/C17H19N3O2S/c1-11-6-3-4-7-13(11)15-8-5-9-20(15)16(22)14-10-23-17(19-14)18-12(2)21/h3-4,6-7,10,15H,5,8-9H2,1-2H3,(H,18,19,21)/t15-/m0/s1. The summed E-state index contributed by atoms with van der Waals surface area (Å²) in [5.41, 5.74) is 2.81. The molecule has 1 saturated heterocycles. The molecule has 1 aliphatic heterocycles. The topological polar surface area (TPSA) is 62.3 Å². The Morgan fingerprint density at radius 3 is 2.87 bits per heavy atom. The summed E-state index contributed by atoms with van der Waals surface area (Å²) in [6, 6.07) is 8.31. The molecular formula is C17H19N3O2S. The maximum Gasteiger partial charge on any atom is 0.273 e. The van der Waals surface area contributed by atoms with Crippen LogP contribution in [0.4, 0.5) is 5.13 Å². The average Bonchev–Trinajstić information content (AvgIpc) is 3.15. The third-order valence-electron chi connectivity index (χ3n) is 4.07. The van der Waals surface area contributed by atoms with Gasteiger partial charge in [-0.25, -0.2) is 4.98 Å². The van der Waals surface area contributed by atoms with Gasteiger partial charge in [0.15, 0.2) is 5.13 Å². The number of anilines is 1. The Morgan fingerprint density at radius 1 is 1.35 bits per heavy atom. The first-order chi connectivity index (χ1) is 11.1. The van der Waals surface area contributed by atoms with Gasteiger partial charge in [-0.1, -0.05) is 24.3 Å². The van der Waals surface area contributed by atoms with Crippen molar-refractivity contribution < 1.29 is 9.59 Å². The second-order valence-corrected chi connectivity index (χ2v) is 6.59. The Morgan fingerprint density at radius 2 is 2.13 bits per heavy atom. The number of amides is 2. The largest absolute Gasteiger partial charge is 0.330 e. The van der Waals surface area contributed by atoms with Gasteiger partial charge >= 0.3 is 0 Å². The first-order valence-electron chi connectivity index (χ1n) is 7.66. The summed E-state index contributed by atoms with van der Waals surface area (Å²) >= 11 is 1.27. The molecule has 1 atom stereocenters. The summed E-state index contributed by atoms with van der Waals surface area (Å²) in [6.45, 7) is 4.25. The van der Waals surface area contributed by atoms with Gasteiger partial charge in [0.2, 0.25) is 5.91 Å². The van der Waals surface area contributed by atoms with E-state index in [0.29, 0.717) is 10.8 Å². The van der Waals surface area contributed by atoms with Crippen molar-refractivity contribution in [1.29, 1.82) is 0 Å². The van der Waals surface area contributed by atoms with Crippen LogP contribution in [-0.4, -0.2) is 28.2 Å². The summed E-state index contributed by atoms with van der Waals surface area (Å²) in [7, 11) is 0. The van der Waals surface area contributed by atoms with Gasteiger partial charge in [-0.15, -0.1) is 11.3 Å². The fourth-order valence-electron chi connectivity index (χ4n) is 3.02. The van der Waals surface area contributed by atoms with Crippen LogP contribution in [0.15, 0.2) is 29.6 Å². The van der Waals surface area contributed by atoms with Crippen LogP contribution in [0.3, 0.4) is 0 Å². The molecule has 0 aliphatic carbocycles. The third kappa shape index (κ3) is 3.27. The molecule has 0 saturated carbocycles. The number of nitrogens with zero attached hydrogens (tertiary/aromatic N) is 2. The predicted molar refractivity (Wildman–Crippen MR) is 90.6 cm³/mol. The lowest BCUT2D eigenvalue weighted by Gasteiger charge is -2.25. The van der Waals surface area contributed by atoms with Crippen LogP contribution in [0, 0.1) is 6.92 Å². The predicted octanol–water partition coefficient (Wildman–Crippen LogP) is 3.39. The molecule has 23 heavy (non-hydrogen) atoms. The number of carbonyl (C=O) groups excluding carboxylic acids is 2. The molecule has 120 valence electrons. The lowest BCUT2D eigenvalue weighted by Crippen LogP contribution is -2.31. The maximum absolute atomic E-state index is 12.8. The van der Waals surface area contributed by atoms with E-state index in [4.69, 9.17) is 0 Å². The lowest BCUT2D eigenvalue weighted by molar-refractivity contribution is -0.114. The summed E-state index contributed by atoms with van der Waals surface area (Å²) in [5, 5.41) is 4.79. The number of aromatic nitrogens is 1. The normalized spacial score (nSPS) is 17.3. The van der Waals surface area contributed by atoms with E-state index in [-0.39, 0.29) is 17.9 Å². The van der Waals surface area contributed by atoms with Crippen LogP contribution in [0.25, 0.3) is 0 Å². The van der Waals surface area contributed by atoms with E-state index >= 15 is 0 Å². The first kappa shape index (κ1) is 15.7. The highest BCUT2D eigenvalue weighted by molar-refractivity contribution is 7.14. The number of aryl methyl sites for hydroxylation is 1. The Kier molecular flexibility index (Phi) is 4.43. The molecule has 0 radical (unpaired) electrons. The zero-order valence-electron chi connectivity index (χ0n) is 13.2. The van der Waals surface area contributed by atoms with Crippen LogP contribution in [0.2, 0.25) is 0 Å². The molecule has 2 aromatic rings. The van der Waals surface area contributed by atoms with Gasteiger partial charge in [-0.3, -0.25) is 9.59 Å². The van der Waals surface area contributed by atoms with Crippen molar-refractivity contribution in [3.8, 4) is 0 Å². The van der Waals surface area contributed by atoms with Crippen molar-refractivity contribution in [2.75, 3.05) is 11.9 Å². The fraction of sp³-hybridized carbons (Fsp3) is 0.353. The highest BCUT2D eigenvalue weighted by Crippen LogP contribution is 2.35. The SMILES string of the molecule is CC(=O)Nc1nc(C(=O)N2CCC[C@H]2c2ccccc2C)cs1. The Balaban J connectivity index is 1.82. The van der Waals surface area contributed by atoms with Gasteiger partial charge in [-0.2, -0.15) is 0 Å². The van der Waals surface area contributed by atoms with Gasteiger partial charge in [0.1, 0.15) is 5.69 Å². The van der Waals surface area contributed by atoms with Crippen LogP contribution >= 0.6 is 11.3 Å². The molecule has 0 unspecified atom stereocenters. The molecule has 1 N–H and O–H groups in total. The molecule has 5 nitrogen and oxygen atoms in total. The van der Waals surface area contributed by atoms with Crippen molar-refractivity contribution in [2.45, 2.75) is 32.7 Å². The van der Waals surface area contributed by atoms with E-state index in [1.165, 1.54) is 29.4 Å². The summed E-state index contributed by atoms with van der Waals surface area (Å²) < 4.78 is 0. The number of rotatable bonds is 3. The molecule has 1 fully saturated rings. The smallest absolute Gasteiger partial charge is 0.273 e.